The Kier molecular flexibility index (Phi) is 7.30. The molecule has 0 unspecified atom stereocenters. The molecule has 1 N–H and O–H groups in total. The number of ether oxygens (including phenoxy) is 3. The molecule has 2 aromatic carbocycles. The Morgan fingerprint density at radius 1 is 1.14 bits per heavy atom. The number of methoxy groups -OCH3 is 2. The molecule has 7 heteroatoms. The van der Waals surface area contributed by atoms with Crippen LogP contribution >= 0.6 is 0 Å². The summed E-state index contributed by atoms with van der Waals surface area (Å²) in [5.74, 6) is 1.39. The Morgan fingerprint density at radius 3 is 2.48 bits per heavy atom. The zero-order chi connectivity index (χ0) is 20.6. The molecule has 29 heavy (non-hydrogen) atoms. The molecular weight excluding hydrogens is 375 g/mol. The first-order valence-corrected chi connectivity index (χ1v) is 9.72. The first-order valence-electron chi connectivity index (χ1n) is 9.72. The van der Waals surface area contributed by atoms with E-state index in [4.69, 9.17) is 14.2 Å². The van der Waals surface area contributed by atoms with Gasteiger partial charge in [0.2, 0.25) is 11.7 Å². The van der Waals surface area contributed by atoms with Crippen molar-refractivity contribution in [2.75, 3.05) is 33.9 Å². The molecule has 0 bridgehead atoms. The Bertz CT molecular complexity index is 818. The molecular formula is C22H27FN2O4. The van der Waals surface area contributed by atoms with Gasteiger partial charge >= 0.3 is 0 Å². The van der Waals surface area contributed by atoms with Crippen molar-refractivity contribution in [1.82, 2.24) is 10.2 Å². The summed E-state index contributed by atoms with van der Waals surface area (Å²) >= 11 is 0. The Balaban J connectivity index is 1.62. The van der Waals surface area contributed by atoms with E-state index in [1.54, 1.807) is 32.4 Å². The molecule has 3 rings (SSSR count). The van der Waals surface area contributed by atoms with Gasteiger partial charge in [-0.2, -0.15) is 0 Å². The van der Waals surface area contributed by atoms with Gasteiger partial charge in [0.1, 0.15) is 12.4 Å². The summed E-state index contributed by atoms with van der Waals surface area (Å²) in [6.07, 6.45) is 1.60. The van der Waals surface area contributed by atoms with Crippen LogP contribution < -0.4 is 19.5 Å². The van der Waals surface area contributed by atoms with E-state index in [2.05, 4.69) is 5.32 Å². The SMILES string of the molecule is COc1cc(CNCCN2CCCC2=O)cc(OC)c1OCc1ccccc1F. The molecule has 1 heterocycles. The van der Waals surface area contributed by atoms with Crippen molar-refractivity contribution in [1.29, 1.82) is 0 Å². The number of carbonyl (C=O) groups excluding carboxylic acids is 1. The summed E-state index contributed by atoms with van der Waals surface area (Å²) < 4.78 is 30.6. The Hall–Kier alpha value is -2.80. The number of rotatable bonds is 10. The molecule has 2 aromatic rings. The van der Waals surface area contributed by atoms with Crippen molar-refractivity contribution in [2.24, 2.45) is 0 Å². The molecule has 0 aromatic heterocycles. The maximum absolute atomic E-state index is 13.9. The number of hydrogen-bond acceptors (Lipinski definition) is 5. The monoisotopic (exact) mass is 402 g/mol. The summed E-state index contributed by atoms with van der Waals surface area (Å²) in [4.78, 5) is 13.5. The fourth-order valence-electron chi connectivity index (χ4n) is 3.33. The quantitative estimate of drug-likeness (QED) is 0.619. The van der Waals surface area contributed by atoms with Crippen molar-refractivity contribution in [3.05, 3.63) is 53.3 Å². The third-order valence-corrected chi connectivity index (χ3v) is 4.91. The molecule has 1 aliphatic heterocycles. The van der Waals surface area contributed by atoms with Crippen LogP contribution in [0.2, 0.25) is 0 Å². The minimum Gasteiger partial charge on any atom is -0.493 e. The Morgan fingerprint density at radius 2 is 1.86 bits per heavy atom. The lowest BCUT2D eigenvalue weighted by atomic mass is 10.1. The highest BCUT2D eigenvalue weighted by Crippen LogP contribution is 2.39. The maximum atomic E-state index is 13.9. The number of carbonyl (C=O) groups is 1. The predicted octanol–water partition coefficient (Wildman–Crippen LogP) is 3.13. The van der Waals surface area contributed by atoms with Crippen LogP contribution in [-0.4, -0.2) is 44.7 Å². The smallest absolute Gasteiger partial charge is 0.222 e. The van der Waals surface area contributed by atoms with Crippen LogP contribution in [0.4, 0.5) is 4.39 Å². The normalized spacial score (nSPS) is 13.6. The maximum Gasteiger partial charge on any atom is 0.222 e. The van der Waals surface area contributed by atoms with Crippen molar-refractivity contribution in [3.8, 4) is 17.2 Å². The summed E-state index contributed by atoms with van der Waals surface area (Å²) in [6, 6.07) is 10.2. The van der Waals surface area contributed by atoms with Gasteiger partial charge in [-0.15, -0.1) is 0 Å². The fraction of sp³-hybridized carbons (Fsp3) is 0.409. The molecule has 1 amide bonds. The number of halogens is 1. The minimum atomic E-state index is -0.317. The third-order valence-electron chi connectivity index (χ3n) is 4.91. The first kappa shape index (κ1) is 20.9. The predicted molar refractivity (Wildman–Crippen MR) is 108 cm³/mol. The van der Waals surface area contributed by atoms with E-state index in [1.165, 1.54) is 6.07 Å². The second kappa shape index (κ2) is 10.1. The zero-order valence-electron chi connectivity index (χ0n) is 16.9. The standard InChI is InChI=1S/C22H27FN2O4/c1-27-19-12-16(14-24-9-11-25-10-5-8-21(25)26)13-20(28-2)22(19)29-15-17-6-3-4-7-18(17)23/h3-4,6-7,12-13,24H,5,8-11,14-15H2,1-2H3. The third kappa shape index (κ3) is 5.38. The van der Waals surface area contributed by atoms with Crippen LogP contribution in [0, 0.1) is 5.82 Å². The second-order valence-electron chi connectivity index (χ2n) is 6.87. The highest BCUT2D eigenvalue weighted by atomic mass is 19.1. The lowest BCUT2D eigenvalue weighted by Gasteiger charge is -2.18. The van der Waals surface area contributed by atoms with Gasteiger partial charge < -0.3 is 24.4 Å². The Labute approximate surface area is 170 Å². The van der Waals surface area contributed by atoms with Gasteiger partial charge in [0.15, 0.2) is 11.5 Å². The molecule has 0 aliphatic carbocycles. The van der Waals surface area contributed by atoms with Crippen LogP contribution in [0.1, 0.15) is 24.0 Å². The van der Waals surface area contributed by atoms with E-state index < -0.39 is 0 Å². The van der Waals surface area contributed by atoms with E-state index in [-0.39, 0.29) is 18.3 Å². The van der Waals surface area contributed by atoms with Crippen LogP contribution in [0.5, 0.6) is 17.2 Å². The number of benzene rings is 2. The lowest BCUT2D eigenvalue weighted by molar-refractivity contribution is -0.127. The van der Waals surface area contributed by atoms with Crippen molar-refractivity contribution >= 4 is 5.91 Å². The van der Waals surface area contributed by atoms with E-state index in [0.717, 1.165) is 18.5 Å². The number of hydrogen-bond donors (Lipinski definition) is 1. The minimum absolute atomic E-state index is 0.0703. The van der Waals surface area contributed by atoms with Gasteiger partial charge in [-0.1, -0.05) is 18.2 Å². The molecule has 0 atom stereocenters. The van der Waals surface area contributed by atoms with E-state index in [0.29, 0.717) is 48.9 Å². The van der Waals surface area contributed by atoms with Crippen LogP contribution in [0.15, 0.2) is 36.4 Å². The van der Waals surface area contributed by atoms with E-state index in [9.17, 15) is 9.18 Å². The summed E-state index contributed by atoms with van der Waals surface area (Å²) in [7, 11) is 3.11. The molecule has 0 spiro atoms. The summed E-state index contributed by atoms with van der Waals surface area (Å²) in [5, 5.41) is 3.34. The number of nitrogens with one attached hydrogen (secondary N) is 1. The largest absolute Gasteiger partial charge is 0.493 e. The summed E-state index contributed by atoms with van der Waals surface area (Å²) in [5.41, 5.74) is 1.42. The highest BCUT2D eigenvalue weighted by molar-refractivity contribution is 5.78. The molecule has 6 nitrogen and oxygen atoms in total. The topological polar surface area (TPSA) is 60.0 Å². The molecule has 156 valence electrons. The molecule has 0 saturated carbocycles. The zero-order valence-corrected chi connectivity index (χ0v) is 16.9. The first-order chi connectivity index (χ1) is 14.1. The number of amides is 1. The lowest BCUT2D eigenvalue weighted by Crippen LogP contribution is -2.32. The highest BCUT2D eigenvalue weighted by Gasteiger charge is 2.19. The van der Waals surface area contributed by atoms with E-state index >= 15 is 0 Å². The van der Waals surface area contributed by atoms with Gasteiger partial charge in [-0.3, -0.25) is 4.79 Å². The fourth-order valence-corrected chi connectivity index (χ4v) is 3.33. The van der Waals surface area contributed by atoms with Crippen molar-refractivity contribution < 1.29 is 23.4 Å². The van der Waals surface area contributed by atoms with Crippen LogP contribution in [-0.2, 0) is 17.9 Å². The summed E-state index contributed by atoms with van der Waals surface area (Å²) in [6.45, 7) is 2.93. The second-order valence-corrected chi connectivity index (χ2v) is 6.87. The molecule has 1 saturated heterocycles. The molecule has 0 radical (unpaired) electrons. The van der Waals surface area contributed by atoms with Crippen molar-refractivity contribution in [2.45, 2.75) is 26.0 Å². The molecule has 1 fully saturated rings. The van der Waals surface area contributed by atoms with Gasteiger partial charge in [-0.05, 0) is 30.2 Å². The van der Waals surface area contributed by atoms with Crippen molar-refractivity contribution in [3.63, 3.8) is 0 Å². The van der Waals surface area contributed by atoms with Gasteiger partial charge in [-0.25, -0.2) is 4.39 Å². The number of likely N-dealkylation sites (tertiary alicyclic amines) is 1. The van der Waals surface area contributed by atoms with Gasteiger partial charge in [0, 0.05) is 38.2 Å². The average molecular weight is 402 g/mol. The van der Waals surface area contributed by atoms with Gasteiger partial charge in [0.25, 0.3) is 0 Å². The number of nitrogens with zero attached hydrogens (tertiary/aromatic N) is 1. The van der Waals surface area contributed by atoms with Crippen LogP contribution in [0.25, 0.3) is 0 Å². The van der Waals surface area contributed by atoms with Gasteiger partial charge in [0.05, 0.1) is 14.2 Å². The molecule has 1 aliphatic rings. The van der Waals surface area contributed by atoms with Crippen LogP contribution in [0.3, 0.4) is 0 Å². The van der Waals surface area contributed by atoms with E-state index in [1.807, 2.05) is 17.0 Å². The average Bonchev–Trinajstić information content (AvgIpc) is 3.15.